The second-order valence-corrected chi connectivity index (χ2v) is 5.89. The van der Waals surface area contributed by atoms with Gasteiger partial charge in [0.15, 0.2) is 0 Å². The van der Waals surface area contributed by atoms with Gasteiger partial charge in [-0.05, 0) is 31.2 Å². The van der Waals surface area contributed by atoms with Crippen LogP contribution in [0.1, 0.15) is 16.9 Å². The molecule has 0 saturated carbocycles. The minimum absolute atomic E-state index is 0. The fraction of sp³-hybridized carbons (Fsp3) is 0.267. The zero-order valence-electron chi connectivity index (χ0n) is 12.1. The molecule has 3 rings (SSSR count). The van der Waals surface area contributed by atoms with Gasteiger partial charge in [0, 0.05) is 18.2 Å². The van der Waals surface area contributed by atoms with Gasteiger partial charge in [0.2, 0.25) is 0 Å². The maximum Gasteiger partial charge on any atom is 0.270 e. The fourth-order valence-corrected chi connectivity index (χ4v) is 2.63. The number of hydrogen-bond acceptors (Lipinski definition) is 4. The molecule has 1 amide bonds. The van der Waals surface area contributed by atoms with Gasteiger partial charge >= 0.3 is 0 Å². The highest BCUT2D eigenvalue weighted by molar-refractivity contribution is 6.42. The first kappa shape index (κ1) is 17.9. The van der Waals surface area contributed by atoms with E-state index in [4.69, 9.17) is 23.2 Å². The largest absolute Gasteiger partial charge is 0.347 e. The SMILES string of the molecule is Cl.O=C(NC1CCNC1)c1cc(-c2ccc(Cl)c(Cl)c2)ncn1. The number of benzene rings is 1. The highest BCUT2D eigenvalue weighted by Crippen LogP contribution is 2.27. The number of carbonyl (C=O) groups is 1. The van der Waals surface area contributed by atoms with E-state index in [0.29, 0.717) is 21.4 Å². The van der Waals surface area contributed by atoms with Crippen molar-refractivity contribution >= 4 is 41.5 Å². The van der Waals surface area contributed by atoms with Crippen molar-refractivity contribution < 1.29 is 4.79 Å². The second kappa shape index (κ2) is 7.93. The van der Waals surface area contributed by atoms with E-state index in [9.17, 15) is 4.79 Å². The lowest BCUT2D eigenvalue weighted by molar-refractivity contribution is 0.0935. The van der Waals surface area contributed by atoms with Gasteiger partial charge < -0.3 is 10.6 Å². The molecule has 23 heavy (non-hydrogen) atoms. The van der Waals surface area contributed by atoms with Gasteiger partial charge in [-0.1, -0.05) is 29.3 Å². The molecule has 5 nitrogen and oxygen atoms in total. The van der Waals surface area contributed by atoms with E-state index >= 15 is 0 Å². The lowest BCUT2D eigenvalue weighted by atomic mass is 10.1. The molecule has 2 N–H and O–H groups in total. The molecular formula is C15H15Cl3N4O. The zero-order chi connectivity index (χ0) is 15.5. The van der Waals surface area contributed by atoms with Crippen LogP contribution in [0.5, 0.6) is 0 Å². The number of nitrogens with one attached hydrogen (secondary N) is 2. The van der Waals surface area contributed by atoms with Crippen molar-refractivity contribution in [1.82, 2.24) is 20.6 Å². The number of halogens is 3. The first-order valence-corrected chi connectivity index (χ1v) is 7.68. The molecule has 1 saturated heterocycles. The maximum atomic E-state index is 12.2. The van der Waals surface area contributed by atoms with E-state index in [2.05, 4.69) is 20.6 Å². The Morgan fingerprint density at radius 3 is 2.74 bits per heavy atom. The predicted octanol–water partition coefficient (Wildman–Crippen LogP) is 2.96. The smallest absolute Gasteiger partial charge is 0.270 e. The van der Waals surface area contributed by atoms with Gasteiger partial charge in [-0.15, -0.1) is 12.4 Å². The van der Waals surface area contributed by atoms with E-state index in [-0.39, 0.29) is 24.4 Å². The van der Waals surface area contributed by atoms with E-state index < -0.39 is 0 Å². The zero-order valence-corrected chi connectivity index (χ0v) is 14.4. The lowest BCUT2D eigenvalue weighted by Crippen LogP contribution is -2.36. The number of nitrogens with zero attached hydrogens (tertiary/aromatic N) is 2. The van der Waals surface area contributed by atoms with Crippen molar-refractivity contribution in [3.63, 3.8) is 0 Å². The average Bonchev–Trinajstić information content (AvgIpc) is 3.03. The third kappa shape index (κ3) is 4.32. The van der Waals surface area contributed by atoms with Crippen LogP contribution in [0.15, 0.2) is 30.6 Å². The van der Waals surface area contributed by atoms with Gasteiger partial charge in [0.05, 0.1) is 15.7 Å². The molecule has 0 radical (unpaired) electrons. The molecule has 2 aromatic rings. The quantitative estimate of drug-likeness (QED) is 0.868. The predicted molar refractivity (Wildman–Crippen MR) is 93.5 cm³/mol. The minimum Gasteiger partial charge on any atom is -0.347 e. The van der Waals surface area contributed by atoms with Crippen LogP contribution in [0, 0.1) is 0 Å². The topological polar surface area (TPSA) is 66.9 Å². The molecule has 1 aliphatic rings. The summed E-state index contributed by atoms with van der Waals surface area (Å²) in [5.74, 6) is -0.197. The van der Waals surface area contributed by atoms with Gasteiger partial charge in [-0.25, -0.2) is 9.97 Å². The summed E-state index contributed by atoms with van der Waals surface area (Å²) in [6.45, 7) is 1.71. The molecule has 0 bridgehead atoms. The summed E-state index contributed by atoms with van der Waals surface area (Å²) in [5, 5.41) is 7.08. The monoisotopic (exact) mass is 372 g/mol. The Morgan fingerprint density at radius 2 is 2.04 bits per heavy atom. The average molecular weight is 374 g/mol. The standard InChI is InChI=1S/C15H14Cl2N4O.ClH/c16-11-2-1-9(5-12(11)17)13-6-14(20-8-19-13)15(22)21-10-3-4-18-7-10;/h1-2,5-6,8,10,18H,3-4,7H2,(H,21,22);1H. The minimum atomic E-state index is -0.197. The van der Waals surface area contributed by atoms with E-state index in [1.165, 1.54) is 6.33 Å². The molecule has 1 atom stereocenters. The van der Waals surface area contributed by atoms with Crippen molar-refractivity contribution in [2.75, 3.05) is 13.1 Å². The second-order valence-electron chi connectivity index (χ2n) is 5.08. The van der Waals surface area contributed by atoms with E-state index in [0.717, 1.165) is 25.1 Å². The maximum absolute atomic E-state index is 12.2. The van der Waals surface area contributed by atoms with Crippen LogP contribution in [0.2, 0.25) is 10.0 Å². The fourth-order valence-electron chi connectivity index (χ4n) is 2.33. The summed E-state index contributed by atoms with van der Waals surface area (Å²) in [6, 6.07) is 7.02. The number of hydrogen-bond donors (Lipinski definition) is 2. The Kier molecular flexibility index (Phi) is 6.18. The van der Waals surface area contributed by atoms with Gasteiger partial charge in [-0.2, -0.15) is 0 Å². The number of amides is 1. The third-order valence-corrected chi connectivity index (χ3v) is 4.25. The number of rotatable bonds is 3. The summed E-state index contributed by atoms with van der Waals surface area (Å²) in [5.41, 5.74) is 1.75. The molecule has 122 valence electrons. The Bertz CT molecular complexity index is 705. The van der Waals surface area contributed by atoms with Gasteiger partial charge in [0.1, 0.15) is 12.0 Å². The van der Waals surface area contributed by atoms with Crippen LogP contribution >= 0.6 is 35.6 Å². The van der Waals surface area contributed by atoms with Crippen molar-refractivity contribution in [1.29, 1.82) is 0 Å². The highest BCUT2D eigenvalue weighted by Gasteiger charge is 2.18. The van der Waals surface area contributed by atoms with Crippen molar-refractivity contribution in [2.45, 2.75) is 12.5 Å². The van der Waals surface area contributed by atoms with E-state index in [1.807, 2.05) is 0 Å². The molecule has 1 unspecified atom stereocenters. The molecule has 1 fully saturated rings. The van der Waals surface area contributed by atoms with Crippen LogP contribution < -0.4 is 10.6 Å². The molecule has 2 heterocycles. The Labute approximate surface area is 150 Å². The molecule has 1 aliphatic heterocycles. The van der Waals surface area contributed by atoms with Crippen LogP contribution in [-0.2, 0) is 0 Å². The van der Waals surface area contributed by atoms with E-state index in [1.54, 1.807) is 24.3 Å². The lowest BCUT2D eigenvalue weighted by Gasteiger charge is -2.11. The summed E-state index contributed by atoms with van der Waals surface area (Å²) in [7, 11) is 0. The van der Waals surface area contributed by atoms with Crippen LogP contribution in [0.25, 0.3) is 11.3 Å². The summed E-state index contributed by atoms with van der Waals surface area (Å²) >= 11 is 11.9. The molecule has 0 aliphatic carbocycles. The Balaban J connectivity index is 0.00000192. The van der Waals surface area contributed by atoms with Crippen LogP contribution in [0.4, 0.5) is 0 Å². The molecule has 1 aromatic carbocycles. The van der Waals surface area contributed by atoms with Gasteiger partial charge in [0.25, 0.3) is 5.91 Å². The molecule has 1 aromatic heterocycles. The van der Waals surface area contributed by atoms with Crippen molar-refractivity contribution in [3.8, 4) is 11.3 Å². The first-order chi connectivity index (χ1) is 10.6. The Morgan fingerprint density at radius 1 is 1.22 bits per heavy atom. The Hall–Kier alpha value is -1.40. The van der Waals surface area contributed by atoms with Crippen LogP contribution in [-0.4, -0.2) is 35.0 Å². The van der Waals surface area contributed by atoms with Crippen molar-refractivity contribution in [3.05, 3.63) is 46.3 Å². The highest BCUT2D eigenvalue weighted by atomic mass is 35.5. The van der Waals surface area contributed by atoms with Crippen molar-refractivity contribution in [2.24, 2.45) is 0 Å². The van der Waals surface area contributed by atoms with Gasteiger partial charge in [-0.3, -0.25) is 4.79 Å². The molecule has 0 spiro atoms. The summed E-state index contributed by atoms with van der Waals surface area (Å²) < 4.78 is 0. The third-order valence-electron chi connectivity index (χ3n) is 3.51. The number of carbonyl (C=O) groups excluding carboxylic acids is 1. The number of aromatic nitrogens is 2. The molecular weight excluding hydrogens is 359 g/mol. The molecule has 8 heteroatoms. The summed E-state index contributed by atoms with van der Waals surface area (Å²) in [4.78, 5) is 20.5. The normalized spacial score (nSPS) is 16.7. The van der Waals surface area contributed by atoms with Crippen LogP contribution in [0.3, 0.4) is 0 Å². The first-order valence-electron chi connectivity index (χ1n) is 6.92. The summed E-state index contributed by atoms with van der Waals surface area (Å²) in [6.07, 6.45) is 2.30.